The number of pyridine rings is 1. The highest BCUT2D eigenvalue weighted by molar-refractivity contribution is 5.92. The van der Waals surface area contributed by atoms with E-state index in [1.54, 1.807) is 16.8 Å². The molecule has 1 amide bonds. The SMILES string of the molecule is CC(C)c1cc(C(=O)NCC(c2ccccn2)N2CCOCC2)nc2ncnn12. The summed E-state index contributed by atoms with van der Waals surface area (Å²) in [5, 5.41) is 7.24. The summed E-state index contributed by atoms with van der Waals surface area (Å²) >= 11 is 0. The fourth-order valence-electron chi connectivity index (χ4n) is 3.53. The van der Waals surface area contributed by atoms with Crippen molar-refractivity contribution >= 4 is 11.7 Å². The second-order valence-electron chi connectivity index (χ2n) is 7.32. The van der Waals surface area contributed by atoms with Gasteiger partial charge in [0.15, 0.2) is 0 Å². The third-order valence-corrected chi connectivity index (χ3v) is 5.08. The Labute approximate surface area is 169 Å². The van der Waals surface area contributed by atoms with Crippen LogP contribution in [0, 0.1) is 0 Å². The first-order valence-corrected chi connectivity index (χ1v) is 9.85. The number of ether oxygens (including phenoxy) is 1. The number of nitrogens with zero attached hydrogens (tertiary/aromatic N) is 6. The number of rotatable bonds is 6. The first kappa shape index (κ1) is 19.4. The summed E-state index contributed by atoms with van der Waals surface area (Å²) in [6, 6.07) is 7.61. The number of amides is 1. The Hall–Kier alpha value is -2.91. The normalized spacial score (nSPS) is 16.2. The molecule has 0 spiro atoms. The molecule has 1 saturated heterocycles. The minimum absolute atomic E-state index is 0.0227. The fourth-order valence-corrected chi connectivity index (χ4v) is 3.53. The van der Waals surface area contributed by atoms with Crippen molar-refractivity contribution in [2.45, 2.75) is 25.8 Å². The number of morpholine rings is 1. The number of carbonyl (C=O) groups is 1. The van der Waals surface area contributed by atoms with Gasteiger partial charge < -0.3 is 10.1 Å². The number of hydrogen-bond donors (Lipinski definition) is 1. The molecule has 1 unspecified atom stereocenters. The molecule has 29 heavy (non-hydrogen) atoms. The molecule has 1 atom stereocenters. The molecule has 1 fully saturated rings. The molecule has 0 aliphatic carbocycles. The predicted molar refractivity (Wildman–Crippen MR) is 107 cm³/mol. The van der Waals surface area contributed by atoms with Crippen LogP contribution in [0.4, 0.5) is 0 Å². The highest BCUT2D eigenvalue weighted by Crippen LogP contribution is 2.20. The van der Waals surface area contributed by atoms with E-state index in [4.69, 9.17) is 4.74 Å². The van der Waals surface area contributed by atoms with E-state index < -0.39 is 0 Å². The molecule has 0 radical (unpaired) electrons. The Morgan fingerprint density at radius 3 is 2.79 bits per heavy atom. The van der Waals surface area contributed by atoms with Crippen molar-refractivity contribution in [2.75, 3.05) is 32.8 Å². The summed E-state index contributed by atoms with van der Waals surface area (Å²) in [6.07, 6.45) is 3.23. The lowest BCUT2D eigenvalue weighted by molar-refractivity contribution is 0.0153. The standard InChI is InChI=1S/C20H25N7O2/c1-14(2)17-11-16(25-20-23-13-24-27(17)20)19(28)22-12-18(15-5-3-4-6-21-15)26-7-9-29-10-8-26/h3-6,11,13-14,18H,7-10,12H2,1-2H3,(H,22,28). The van der Waals surface area contributed by atoms with Crippen molar-refractivity contribution in [3.63, 3.8) is 0 Å². The average molecular weight is 395 g/mol. The van der Waals surface area contributed by atoms with E-state index in [1.807, 2.05) is 32.0 Å². The van der Waals surface area contributed by atoms with Crippen LogP contribution >= 0.6 is 0 Å². The first-order valence-electron chi connectivity index (χ1n) is 9.85. The Kier molecular flexibility index (Phi) is 5.77. The lowest BCUT2D eigenvalue weighted by Crippen LogP contribution is -2.44. The maximum absolute atomic E-state index is 12.9. The smallest absolute Gasteiger partial charge is 0.270 e. The summed E-state index contributed by atoms with van der Waals surface area (Å²) in [5.74, 6) is 0.380. The minimum atomic E-state index is -0.230. The number of nitrogens with one attached hydrogen (secondary N) is 1. The minimum Gasteiger partial charge on any atom is -0.379 e. The molecular formula is C20H25N7O2. The molecule has 9 nitrogen and oxygen atoms in total. The van der Waals surface area contributed by atoms with Crippen molar-refractivity contribution < 1.29 is 9.53 Å². The van der Waals surface area contributed by atoms with Gasteiger partial charge >= 0.3 is 0 Å². The van der Waals surface area contributed by atoms with Crippen molar-refractivity contribution in [1.82, 2.24) is 34.8 Å². The van der Waals surface area contributed by atoms with E-state index in [1.165, 1.54) is 6.33 Å². The number of fused-ring (bicyclic) bond motifs is 1. The molecule has 1 aliphatic heterocycles. The Morgan fingerprint density at radius 2 is 2.07 bits per heavy atom. The van der Waals surface area contributed by atoms with Gasteiger partial charge in [-0.15, -0.1) is 0 Å². The molecule has 0 saturated carbocycles. The van der Waals surface area contributed by atoms with Gasteiger partial charge in [-0.1, -0.05) is 19.9 Å². The topological polar surface area (TPSA) is 97.5 Å². The molecule has 1 aliphatic rings. The molecule has 152 valence electrons. The largest absolute Gasteiger partial charge is 0.379 e. The van der Waals surface area contributed by atoms with E-state index in [2.05, 4.69) is 30.3 Å². The lowest BCUT2D eigenvalue weighted by atomic mass is 10.1. The molecular weight excluding hydrogens is 370 g/mol. The highest BCUT2D eigenvalue weighted by atomic mass is 16.5. The van der Waals surface area contributed by atoms with Crippen LogP contribution in [0.15, 0.2) is 36.8 Å². The van der Waals surface area contributed by atoms with Gasteiger partial charge in [0.2, 0.25) is 0 Å². The zero-order valence-electron chi connectivity index (χ0n) is 16.7. The Balaban J connectivity index is 1.54. The molecule has 4 heterocycles. The third kappa shape index (κ3) is 4.25. The van der Waals surface area contributed by atoms with Crippen molar-refractivity contribution in [2.24, 2.45) is 0 Å². The summed E-state index contributed by atoms with van der Waals surface area (Å²) < 4.78 is 7.15. The second kappa shape index (κ2) is 8.62. The third-order valence-electron chi connectivity index (χ3n) is 5.08. The van der Waals surface area contributed by atoms with Gasteiger partial charge in [-0.05, 0) is 24.1 Å². The van der Waals surface area contributed by atoms with Crippen LogP contribution in [0.5, 0.6) is 0 Å². The van der Waals surface area contributed by atoms with Crippen molar-refractivity contribution in [1.29, 1.82) is 0 Å². The highest BCUT2D eigenvalue weighted by Gasteiger charge is 2.25. The van der Waals surface area contributed by atoms with Crippen LogP contribution in [0.1, 0.15) is 47.7 Å². The monoisotopic (exact) mass is 395 g/mol. The van der Waals surface area contributed by atoms with Gasteiger partial charge in [-0.25, -0.2) is 9.50 Å². The van der Waals surface area contributed by atoms with Gasteiger partial charge in [-0.2, -0.15) is 10.1 Å². The van der Waals surface area contributed by atoms with Crippen LogP contribution in [0.25, 0.3) is 5.78 Å². The van der Waals surface area contributed by atoms with Crippen LogP contribution < -0.4 is 5.32 Å². The maximum Gasteiger partial charge on any atom is 0.270 e. The molecule has 3 aromatic rings. The van der Waals surface area contributed by atoms with Crippen LogP contribution in [0.2, 0.25) is 0 Å². The molecule has 9 heteroatoms. The first-order chi connectivity index (χ1) is 14.1. The molecule has 3 aromatic heterocycles. The van der Waals surface area contributed by atoms with E-state index >= 15 is 0 Å². The number of hydrogen-bond acceptors (Lipinski definition) is 7. The summed E-state index contributed by atoms with van der Waals surface area (Å²) in [5.41, 5.74) is 2.17. The van der Waals surface area contributed by atoms with Crippen molar-refractivity contribution in [3.05, 3.63) is 53.9 Å². The lowest BCUT2D eigenvalue weighted by Gasteiger charge is -2.34. The summed E-state index contributed by atoms with van der Waals surface area (Å²) in [6.45, 7) is 7.51. The zero-order chi connectivity index (χ0) is 20.2. The van der Waals surface area contributed by atoms with Crippen LogP contribution in [-0.2, 0) is 4.74 Å². The average Bonchev–Trinajstić information content (AvgIpc) is 3.23. The van der Waals surface area contributed by atoms with E-state index in [9.17, 15) is 4.79 Å². The molecule has 4 rings (SSSR count). The number of aromatic nitrogens is 5. The van der Waals surface area contributed by atoms with E-state index in [-0.39, 0.29) is 17.9 Å². The summed E-state index contributed by atoms with van der Waals surface area (Å²) in [4.78, 5) is 28.2. The maximum atomic E-state index is 12.9. The van der Waals surface area contributed by atoms with Gasteiger partial charge in [0.1, 0.15) is 12.0 Å². The Morgan fingerprint density at radius 1 is 1.24 bits per heavy atom. The quantitative estimate of drug-likeness (QED) is 0.674. The van der Waals surface area contributed by atoms with Crippen LogP contribution in [0.3, 0.4) is 0 Å². The number of carbonyl (C=O) groups excluding carboxylic acids is 1. The van der Waals surface area contributed by atoms with Gasteiger partial charge in [0, 0.05) is 25.8 Å². The van der Waals surface area contributed by atoms with Crippen LogP contribution in [-0.4, -0.2) is 68.2 Å². The molecule has 1 N–H and O–H groups in total. The Bertz CT molecular complexity index is 967. The molecule has 0 bridgehead atoms. The van der Waals surface area contributed by atoms with Gasteiger partial charge in [0.25, 0.3) is 11.7 Å². The van der Waals surface area contributed by atoms with E-state index in [0.717, 1.165) is 24.5 Å². The van der Waals surface area contributed by atoms with E-state index in [0.29, 0.717) is 31.2 Å². The fraction of sp³-hybridized carbons (Fsp3) is 0.450. The summed E-state index contributed by atoms with van der Waals surface area (Å²) in [7, 11) is 0. The van der Waals surface area contributed by atoms with Gasteiger partial charge in [0.05, 0.1) is 30.6 Å². The second-order valence-corrected chi connectivity index (χ2v) is 7.32. The van der Waals surface area contributed by atoms with Crippen molar-refractivity contribution in [3.8, 4) is 0 Å². The molecule has 0 aromatic carbocycles. The zero-order valence-corrected chi connectivity index (χ0v) is 16.7. The predicted octanol–water partition coefficient (Wildman–Crippen LogP) is 1.45. The van der Waals surface area contributed by atoms with Gasteiger partial charge in [-0.3, -0.25) is 14.7 Å².